The minimum absolute atomic E-state index is 0.164. The molecule has 19 heavy (non-hydrogen) atoms. The van der Waals surface area contributed by atoms with Gasteiger partial charge >= 0.3 is 0 Å². The van der Waals surface area contributed by atoms with Crippen LogP contribution in [0.25, 0.3) is 0 Å². The van der Waals surface area contributed by atoms with E-state index in [-0.39, 0.29) is 6.04 Å². The first-order valence-electron chi connectivity index (χ1n) is 7.64. The molecule has 4 unspecified atom stereocenters. The molecule has 0 aliphatic carbocycles. The second kappa shape index (κ2) is 6.06. The zero-order chi connectivity index (χ0) is 14.0. The van der Waals surface area contributed by atoms with Crippen molar-refractivity contribution in [2.75, 3.05) is 0 Å². The van der Waals surface area contributed by atoms with Crippen molar-refractivity contribution in [1.82, 2.24) is 4.90 Å². The molecule has 0 aromatic heterocycles. The van der Waals surface area contributed by atoms with Crippen LogP contribution in [-0.2, 0) is 0 Å². The van der Waals surface area contributed by atoms with Gasteiger partial charge in [-0.05, 0) is 45.6 Å². The van der Waals surface area contributed by atoms with E-state index in [1.807, 2.05) is 0 Å². The summed E-state index contributed by atoms with van der Waals surface area (Å²) in [5.41, 5.74) is 9.01. The summed E-state index contributed by atoms with van der Waals surface area (Å²) in [6.07, 6.45) is 3.83. The summed E-state index contributed by atoms with van der Waals surface area (Å²) in [5, 5.41) is 0. The molecule has 1 heterocycles. The average Bonchev–Trinajstić information content (AvgIpc) is 2.73. The average molecular weight is 260 g/mol. The standard InChI is InChI=1S/C17H28N2/c1-5-16-11-8-13(3)19(16)17(14(4)18)15-9-6-12(2)7-10-15/h6-7,9-10,13-14,16-17H,5,8,11,18H2,1-4H3. The van der Waals surface area contributed by atoms with Crippen LogP contribution >= 0.6 is 0 Å². The summed E-state index contributed by atoms with van der Waals surface area (Å²) in [7, 11) is 0. The third-order valence-electron chi connectivity index (χ3n) is 4.56. The van der Waals surface area contributed by atoms with E-state index in [9.17, 15) is 0 Å². The van der Waals surface area contributed by atoms with Gasteiger partial charge < -0.3 is 5.73 Å². The molecule has 1 aromatic rings. The second-order valence-electron chi connectivity index (χ2n) is 6.15. The van der Waals surface area contributed by atoms with Crippen molar-refractivity contribution in [1.29, 1.82) is 0 Å². The van der Waals surface area contributed by atoms with Crippen LogP contribution in [0.4, 0.5) is 0 Å². The van der Waals surface area contributed by atoms with E-state index in [2.05, 4.69) is 56.9 Å². The second-order valence-corrected chi connectivity index (χ2v) is 6.15. The molecule has 1 aromatic carbocycles. The first kappa shape index (κ1) is 14.5. The maximum atomic E-state index is 6.32. The van der Waals surface area contributed by atoms with Crippen molar-refractivity contribution in [3.63, 3.8) is 0 Å². The summed E-state index contributed by atoms with van der Waals surface area (Å²) in [6.45, 7) is 8.92. The van der Waals surface area contributed by atoms with Gasteiger partial charge in [0.2, 0.25) is 0 Å². The number of nitrogens with two attached hydrogens (primary N) is 1. The first-order chi connectivity index (χ1) is 9.04. The molecular formula is C17H28N2. The predicted molar refractivity (Wildman–Crippen MR) is 82.2 cm³/mol. The SMILES string of the molecule is CCC1CCC(C)N1C(c1ccc(C)cc1)C(C)N. The Morgan fingerprint density at radius 1 is 1.26 bits per heavy atom. The molecule has 0 spiro atoms. The van der Waals surface area contributed by atoms with Crippen LogP contribution in [0.1, 0.15) is 57.2 Å². The van der Waals surface area contributed by atoms with Crippen LogP contribution in [0.2, 0.25) is 0 Å². The molecule has 2 heteroatoms. The lowest BCUT2D eigenvalue weighted by Crippen LogP contribution is -2.45. The summed E-state index contributed by atoms with van der Waals surface area (Å²) in [6, 6.07) is 10.7. The van der Waals surface area contributed by atoms with Gasteiger partial charge in [-0.25, -0.2) is 0 Å². The summed E-state index contributed by atoms with van der Waals surface area (Å²) < 4.78 is 0. The number of hydrogen-bond acceptors (Lipinski definition) is 2. The van der Waals surface area contributed by atoms with E-state index in [1.54, 1.807) is 0 Å². The molecule has 106 valence electrons. The Morgan fingerprint density at radius 2 is 1.89 bits per heavy atom. The van der Waals surface area contributed by atoms with Crippen LogP contribution in [0, 0.1) is 6.92 Å². The monoisotopic (exact) mass is 260 g/mol. The van der Waals surface area contributed by atoms with Gasteiger partial charge in [-0.3, -0.25) is 4.90 Å². The van der Waals surface area contributed by atoms with E-state index < -0.39 is 0 Å². The van der Waals surface area contributed by atoms with Gasteiger partial charge in [0.15, 0.2) is 0 Å². The van der Waals surface area contributed by atoms with Crippen molar-refractivity contribution in [3.8, 4) is 0 Å². The minimum Gasteiger partial charge on any atom is -0.326 e. The number of rotatable bonds is 4. The molecule has 2 N–H and O–H groups in total. The van der Waals surface area contributed by atoms with Gasteiger partial charge in [0.05, 0.1) is 6.04 Å². The number of benzene rings is 1. The predicted octanol–water partition coefficient (Wildman–Crippen LogP) is 3.65. The topological polar surface area (TPSA) is 29.3 Å². The van der Waals surface area contributed by atoms with Gasteiger partial charge in [0.25, 0.3) is 0 Å². The molecule has 2 rings (SSSR count). The van der Waals surface area contributed by atoms with E-state index in [0.717, 1.165) is 0 Å². The van der Waals surface area contributed by atoms with Crippen LogP contribution in [0.15, 0.2) is 24.3 Å². The molecule has 1 aliphatic rings. The Labute approximate surface area is 118 Å². The third-order valence-corrected chi connectivity index (χ3v) is 4.56. The zero-order valence-electron chi connectivity index (χ0n) is 12.8. The summed E-state index contributed by atoms with van der Waals surface area (Å²) in [4.78, 5) is 2.66. The molecule has 1 fully saturated rings. The molecular weight excluding hydrogens is 232 g/mol. The van der Waals surface area contributed by atoms with Crippen LogP contribution < -0.4 is 5.73 Å². The Kier molecular flexibility index (Phi) is 4.64. The highest BCUT2D eigenvalue weighted by atomic mass is 15.2. The largest absolute Gasteiger partial charge is 0.326 e. The Bertz CT molecular complexity index is 396. The van der Waals surface area contributed by atoms with Crippen LogP contribution in [0.5, 0.6) is 0 Å². The lowest BCUT2D eigenvalue weighted by atomic mass is 9.96. The molecule has 0 amide bonds. The number of nitrogens with zero attached hydrogens (tertiary/aromatic N) is 1. The number of likely N-dealkylation sites (tertiary alicyclic amines) is 1. The van der Waals surface area contributed by atoms with Gasteiger partial charge in [-0.1, -0.05) is 36.8 Å². The molecule has 4 atom stereocenters. The van der Waals surface area contributed by atoms with Crippen molar-refractivity contribution in [2.24, 2.45) is 5.73 Å². The van der Waals surface area contributed by atoms with E-state index in [1.165, 1.54) is 30.4 Å². The Balaban J connectivity index is 2.31. The lowest BCUT2D eigenvalue weighted by molar-refractivity contribution is 0.117. The maximum Gasteiger partial charge on any atom is 0.0502 e. The summed E-state index contributed by atoms with van der Waals surface area (Å²) >= 11 is 0. The molecule has 2 nitrogen and oxygen atoms in total. The highest BCUT2D eigenvalue weighted by Gasteiger charge is 2.36. The Morgan fingerprint density at radius 3 is 2.42 bits per heavy atom. The molecule has 0 saturated carbocycles. The van der Waals surface area contributed by atoms with Crippen LogP contribution in [0.3, 0.4) is 0 Å². The van der Waals surface area contributed by atoms with E-state index >= 15 is 0 Å². The minimum atomic E-state index is 0.164. The number of aryl methyl sites for hydroxylation is 1. The van der Waals surface area contributed by atoms with E-state index in [4.69, 9.17) is 5.73 Å². The molecule has 1 saturated heterocycles. The molecule has 0 bridgehead atoms. The number of hydrogen-bond donors (Lipinski definition) is 1. The normalized spacial score (nSPS) is 27.4. The van der Waals surface area contributed by atoms with Crippen molar-refractivity contribution in [3.05, 3.63) is 35.4 Å². The molecule has 1 aliphatic heterocycles. The summed E-state index contributed by atoms with van der Waals surface area (Å²) in [5.74, 6) is 0. The van der Waals surface area contributed by atoms with Crippen LogP contribution in [-0.4, -0.2) is 23.0 Å². The van der Waals surface area contributed by atoms with Gasteiger partial charge in [0, 0.05) is 18.1 Å². The van der Waals surface area contributed by atoms with Crippen molar-refractivity contribution in [2.45, 2.75) is 71.1 Å². The van der Waals surface area contributed by atoms with Gasteiger partial charge in [0.1, 0.15) is 0 Å². The Hall–Kier alpha value is -0.860. The van der Waals surface area contributed by atoms with Crippen molar-refractivity contribution >= 4 is 0 Å². The van der Waals surface area contributed by atoms with Gasteiger partial charge in [-0.2, -0.15) is 0 Å². The smallest absolute Gasteiger partial charge is 0.0502 e. The fourth-order valence-electron chi connectivity index (χ4n) is 3.52. The molecule has 0 radical (unpaired) electrons. The maximum absolute atomic E-state index is 6.32. The van der Waals surface area contributed by atoms with Gasteiger partial charge in [-0.15, -0.1) is 0 Å². The lowest BCUT2D eigenvalue weighted by Gasteiger charge is -2.38. The third kappa shape index (κ3) is 3.01. The highest BCUT2D eigenvalue weighted by Crippen LogP contribution is 2.36. The fraction of sp³-hybridized carbons (Fsp3) is 0.647. The zero-order valence-corrected chi connectivity index (χ0v) is 12.8. The quantitative estimate of drug-likeness (QED) is 0.895. The van der Waals surface area contributed by atoms with Crippen molar-refractivity contribution < 1.29 is 0 Å². The first-order valence-corrected chi connectivity index (χ1v) is 7.64. The highest BCUT2D eigenvalue weighted by molar-refractivity contribution is 5.26. The van der Waals surface area contributed by atoms with E-state index in [0.29, 0.717) is 18.1 Å². The fourth-order valence-corrected chi connectivity index (χ4v) is 3.52.